The highest BCUT2D eigenvalue weighted by molar-refractivity contribution is 7.98. The van der Waals surface area contributed by atoms with E-state index in [-0.39, 0.29) is 0 Å². The van der Waals surface area contributed by atoms with Crippen LogP contribution in [0, 0.1) is 5.92 Å². The van der Waals surface area contributed by atoms with Crippen molar-refractivity contribution in [1.29, 1.82) is 0 Å². The summed E-state index contributed by atoms with van der Waals surface area (Å²) in [5.41, 5.74) is 1.33. The van der Waals surface area contributed by atoms with Gasteiger partial charge in [-0.1, -0.05) is 13.8 Å². The largest absolute Gasteiger partial charge is 0.361 e. The summed E-state index contributed by atoms with van der Waals surface area (Å²) < 4.78 is 0. The van der Waals surface area contributed by atoms with E-state index >= 15 is 0 Å². The third-order valence-corrected chi connectivity index (χ3v) is 4.38. The Bertz CT molecular complexity index is 284. The number of anilines is 1. The first-order valence-corrected chi connectivity index (χ1v) is 7.03. The number of nitrogens with zero attached hydrogens (tertiary/aromatic N) is 1. The van der Waals surface area contributed by atoms with Crippen LogP contribution in [0.25, 0.3) is 0 Å². The number of rotatable bonds is 3. The van der Waals surface area contributed by atoms with Gasteiger partial charge in [-0.15, -0.1) is 11.3 Å². The van der Waals surface area contributed by atoms with Gasteiger partial charge in [-0.3, -0.25) is 0 Å². The lowest BCUT2D eigenvalue weighted by Gasteiger charge is -2.06. The molecule has 0 saturated carbocycles. The molecule has 78 valence electrons. The topological polar surface area (TPSA) is 24.9 Å². The molecular weight excluding hydrogens is 212 g/mol. The standard InChI is InChI=1S/C10H16N2S2/c1-7(2)5-11-10-12-8-3-4-13-6-9(8)14-10/h7H,3-6H2,1-2H3,(H,11,12). The third kappa shape index (κ3) is 2.42. The summed E-state index contributed by atoms with van der Waals surface area (Å²) in [6, 6.07) is 0. The van der Waals surface area contributed by atoms with Gasteiger partial charge in [0.2, 0.25) is 0 Å². The van der Waals surface area contributed by atoms with Crippen molar-refractivity contribution in [1.82, 2.24) is 4.98 Å². The molecule has 1 N–H and O–H groups in total. The fraction of sp³-hybridized carbons (Fsp3) is 0.700. The van der Waals surface area contributed by atoms with E-state index < -0.39 is 0 Å². The van der Waals surface area contributed by atoms with Crippen LogP contribution < -0.4 is 5.32 Å². The Labute approximate surface area is 93.5 Å². The normalized spacial score (nSPS) is 15.6. The Morgan fingerprint density at radius 2 is 2.36 bits per heavy atom. The Morgan fingerprint density at radius 3 is 3.07 bits per heavy atom. The van der Waals surface area contributed by atoms with Gasteiger partial charge in [-0.05, 0) is 18.1 Å². The van der Waals surface area contributed by atoms with Gasteiger partial charge in [0, 0.05) is 17.2 Å². The van der Waals surface area contributed by atoms with E-state index in [1.165, 1.54) is 16.3 Å². The van der Waals surface area contributed by atoms with Gasteiger partial charge < -0.3 is 5.32 Å². The van der Waals surface area contributed by atoms with Gasteiger partial charge in [0.15, 0.2) is 5.13 Å². The summed E-state index contributed by atoms with van der Waals surface area (Å²) in [6.45, 7) is 5.46. The third-order valence-electron chi connectivity index (χ3n) is 2.16. The van der Waals surface area contributed by atoms with Crippen LogP contribution in [0.1, 0.15) is 24.4 Å². The van der Waals surface area contributed by atoms with Crippen LogP contribution in [-0.2, 0) is 12.2 Å². The zero-order valence-corrected chi connectivity index (χ0v) is 10.3. The molecule has 1 aromatic heterocycles. The molecule has 0 unspecified atom stereocenters. The Kier molecular flexibility index (Phi) is 3.34. The van der Waals surface area contributed by atoms with Crippen LogP contribution in [-0.4, -0.2) is 17.3 Å². The molecule has 0 radical (unpaired) electrons. The first-order chi connectivity index (χ1) is 6.75. The molecular formula is C10H16N2S2. The maximum absolute atomic E-state index is 4.62. The zero-order valence-electron chi connectivity index (χ0n) is 8.67. The number of aryl methyl sites for hydroxylation is 1. The smallest absolute Gasteiger partial charge is 0.183 e. The van der Waals surface area contributed by atoms with Crippen molar-refractivity contribution >= 4 is 28.2 Å². The molecule has 2 rings (SSSR count). The summed E-state index contributed by atoms with van der Waals surface area (Å²) in [4.78, 5) is 6.10. The van der Waals surface area contributed by atoms with E-state index in [4.69, 9.17) is 0 Å². The molecule has 0 saturated heterocycles. The number of nitrogens with one attached hydrogen (secondary N) is 1. The van der Waals surface area contributed by atoms with Crippen molar-refractivity contribution in [3.8, 4) is 0 Å². The second kappa shape index (κ2) is 4.53. The molecule has 1 aliphatic heterocycles. The van der Waals surface area contributed by atoms with E-state index in [1.807, 2.05) is 23.1 Å². The highest BCUT2D eigenvalue weighted by Crippen LogP contribution is 2.31. The number of hydrogen-bond acceptors (Lipinski definition) is 4. The minimum absolute atomic E-state index is 0.685. The molecule has 1 aromatic rings. The quantitative estimate of drug-likeness (QED) is 0.861. The number of thioether (sulfide) groups is 1. The van der Waals surface area contributed by atoms with Crippen LogP contribution in [0.2, 0.25) is 0 Å². The van der Waals surface area contributed by atoms with Crippen LogP contribution in [0.4, 0.5) is 5.13 Å². The number of aromatic nitrogens is 1. The predicted molar refractivity (Wildman–Crippen MR) is 65.3 cm³/mol. The van der Waals surface area contributed by atoms with Crippen LogP contribution in [0.15, 0.2) is 0 Å². The Balaban J connectivity index is 2.01. The molecule has 0 fully saturated rings. The van der Waals surface area contributed by atoms with E-state index in [0.29, 0.717) is 5.92 Å². The predicted octanol–water partition coefficient (Wildman–Crippen LogP) is 3.00. The fourth-order valence-corrected chi connectivity index (χ4v) is 3.52. The van der Waals surface area contributed by atoms with Gasteiger partial charge in [0.05, 0.1) is 5.69 Å². The first-order valence-electron chi connectivity index (χ1n) is 5.06. The summed E-state index contributed by atoms with van der Waals surface area (Å²) in [5, 5.41) is 4.52. The first kappa shape index (κ1) is 10.3. The van der Waals surface area contributed by atoms with Crippen molar-refractivity contribution in [2.45, 2.75) is 26.0 Å². The summed E-state index contributed by atoms with van der Waals surface area (Å²) in [5.74, 6) is 3.08. The molecule has 14 heavy (non-hydrogen) atoms. The molecule has 0 amide bonds. The van der Waals surface area contributed by atoms with Crippen molar-refractivity contribution in [2.75, 3.05) is 17.6 Å². The Hall–Kier alpha value is -0.220. The van der Waals surface area contributed by atoms with Gasteiger partial charge in [0.25, 0.3) is 0 Å². The zero-order chi connectivity index (χ0) is 9.97. The second-order valence-corrected chi connectivity index (χ2v) is 6.16. The highest BCUT2D eigenvalue weighted by Gasteiger charge is 2.14. The van der Waals surface area contributed by atoms with Crippen molar-refractivity contribution in [2.24, 2.45) is 5.92 Å². The van der Waals surface area contributed by atoms with E-state index in [1.54, 1.807) is 0 Å². The summed E-state index contributed by atoms with van der Waals surface area (Å²) in [7, 11) is 0. The molecule has 1 aliphatic rings. The monoisotopic (exact) mass is 228 g/mol. The van der Waals surface area contributed by atoms with E-state index in [2.05, 4.69) is 24.1 Å². The SMILES string of the molecule is CC(C)CNc1nc2c(s1)CSCC2. The average molecular weight is 228 g/mol. The fourth-order valence-electron chi connectivity index (χ4n) is 1.39. The highest BCUT2D eigenvalue weighted by atomic mass is 32.2. The van der Waals surface area contributed by atoms with Crippen molar-refractivity contribution in [3.63, 3.8) is 0 Å². The lowest BCUT2D eigenvalue weighted by atomic mass is 10.2. The molecule has 2 heterocycles. The molecule has 2 nitrogen and oxygen atoms in total. The van der Waals surface area contributed by atoms with Gasteiger partial charge in [-0.25, -0.2) is 4.98 Å². The number of thiazole rings is 1. The number of fused-ring (bicyclic) bond motifs is 1. The van der Waals surface area contributed by atoms with Crippen LogP contribution >= 0.6 is 23.1 Å². The van der Waals surface area contributed by atoms with Gasteiger partial charge in [0.1, 0.15) is 0 Å². The molecule has 4 heteroatoms. The van der Waals surface area contributed by atoms with Gasteiger partial charge >= 0.3 is 0 Å². The molecule has 0 aromatic carbocycles. The summed E-state index contributed by atoms with van der Waals surface area (Å²) >= 11 is 3.85. The van der Waals surface area contributed by atoms with E-state index in [9.17, 15) is 0 Å². The molecule has 0 aliphatic carbocycles. The van der Waals surface area contributed by atoms with Gasteiger partial charge in [-0.2, -0.15) is 11.8 Å². The van der Waals surface area contributed by atoms with Crippen LogP contribution in [0.5, 0.6) is 0 Å². The molecule has 0 bridgehead atoms. The lowest BCUT2D eigenvalue weighted by molar-refractivity contribution is 0.688. The van der Waals surface area contributed by atoms with Crippen molar-refractivity contribution < 1.29 is 0 Å². The summed E-state index contributed by atoms with van der Waals surface area (Å²) in [6.07, 6.45) is 1.15. The lowest BCUT2D eigenvalue weighted by Crippen LogP contribution is -2.07. The Morgan fingerprint density at radius 1 is 1.50 bits per heavy atom. The number of hydrogen-bond donors (Lipinski definition) is 1. The maximum Gasteiger partial charge on any atom is 0.183 e. The van der Waals surface area contributed by atoms with E-state index in [0.717, 1.165) is 23.8 Å². The minimum atomic E-state index is 0.685. The second-order valence-electron chi connectivity index (χ2n) is 3.97. The molecule has 0 spiro atoms. The maximum atomic E-state index is 4.62. The van der Waals surface area contributed by atoms with Crippen molar-refractivity contribution in [3.05, 3.63) is 10.6 Å². The molecule has 0 atom stereocenters. The minimum Gasteiger partial charge on any atom is -0.361 e. The average Bonchev–Trinajstić information content (AvgIpc) is 2.57. The van der Waals surface area contributed by atoms with Crippen LogP contribution in [0.3, 0.4) is 0 Å².